The summed E-state index contributed by atoms with van der Waals surface area (Å²) in [6.45, 7) is 2.50. The van der Waals surface area contributed by atoms with E-state index in [4.69, 9.17) is 15.0 Å². The van der Waals surface area contributed by atoms with Crippen molar-refractivity contribution in [1.82, 2.24) is 5.32 Å². The molecule has 0 aromatic rings. The maximum Gasteiger partial charge on any atom is 1.00 e. The summed E-state index contributed by atoms with van der Waals surface area (Å²) in [5.74, 6) is 0. The third kappa shape index (κ3) is 24.6. The molecule has 11 heavy (non-hydrogen) atoms. The van der Waals surface area contributed by atoms with E-state index in [1.54, 1.807) is 0 Å². The molecule has 0 aromatic carbocycles. The Bertz CT molecular complexity index is 76.2. The van der Waals surface area contributed by atoms with Crippen molar-refractivity contribution >= 4 is 6.16 Å². The summed E-state index contributed by atoms with van der Waals surface area (Å²) >= 11 is 0. The van der Waals surface area contributed by atoms with Crippen LogP contribution in [-0.2, 0) is 0 Å². The SMILES string of the molecule is C1CCNC1.O=C([O-])[O-].[Na+].[Na+]. The minimum absolute atomic E-state index is 0. The fourth-order valence-corrected chi connectivity index (χ4v) is 0.625. The fourth-order valence-electron chi connectivity index (χ4n) is 0.625. The van der Waals surface area contributed by atoms with Crippen molar-refractivity contribution in [3.63, 3.8) is 0 Å². The number of nitrogens with one attached hydrogen (secondary N) is 1. The summed E-state index contributed by atoms with van der Waals surface area (Å²) in [6, 6.07) is 0. The minimum atomic E-state index is -2.33. The molecule has 0 amide bonds. The van der Waals surface area contributed by atoms with Gasteiger partial charge in [-0.15, -0.1) is 0 Å². The van der Waals surface area contributed by atoms with Gasteiger partial charge in [0.05, 0.1) is 0 Å². The molecule has 0 aliphatic carbocycles. The molecule has 1 saturated heterocycles. The van der Waals surface area contributed by atoms with Gasteiger partial charge in [-0.1, -0.05) is 0 Å². The molecule has 0 bridgehead atoms. The van der Waals surface area contributed by atoms with E-state index in [0.717, 1.165) is 0 Å². The molecule has 1 aliphatic rings. The van der Waals surface area contributed by atoms with Gasteiger partial charge in [-0.25, -0.2) is 0 Å². The number of carbonyl (C=O) groups is 1. The topological polar surface area (TPSA) is 75.2 Å². The Balaban J connectivity index is -0.000000101. The third-order valence-corrected chi connectivity index (χ3v) is 0.957. The van der Waals surface area contributed by atoms with Gasteiger partial charge in [-0.3, -0.25) is 0 Å². The monoisotopic (exact) mass is 177 g/mol. The predicted molar refractivity (Wildman–Crippen MR) is 27.5 cm³/mol. The van der Waals surface area contributed by atoms with Crippen LogP contribution in [0.25, 0.3) is 0 Å². The molecule has 54 valence electrons. The first-order chi connectivity index (χ1) is 4.23. The summed E-state index contributed by atoms with van der Waals surface area (Å²) < 4.78 is 0. The number of hydrogen-bond donors (Lipinski definition) is 1. The quantitative estimate of drug-likeness (QED) is 0.373. The standard InChI is InChI=1S/C4H9N.CH2O3.2Na/c1-2-4-5-3-1;2-1(3)4;;/h5H,1-4H2;(H2,2,3,4);;/q;;2*+1/p-2. The molecule has 0 saturated carbocycles. The van der Waals surface area contributed by atoms with Crippen molar-refractivity contribution in [2.75, 3.05) is 13.1 Å². The van der Waals surface area contributed by atoms with Crippen LogP contribution in [0.15, 0.2) is 0 Å². The Hall–Kier alpha value is 1.23. The van der Waals surface area contributed by atoms with E-state index in [2.05, 4.69) is 5.32 Å². The molecule has 1 rings (SSSR count). The van der Waals surface area contributed by atoms with Crippen LogP contribution < -0.4 is 74.6 Å². The van der Waals surface area contributed by atoms with Crippen molar-refractivity contribution in [1.29, 1.82) is 0 Å². The molecular weight excluding hydrogens is 168 g/mol. The van der Waals surface area contributed by atoms with Crippen LogP contribution in [0.2, 0.25) is 0 Å². The molecule has 0 aromatic heterocycles. The predicted octanol–water partition coefficient (Wildman–Crippen LogP) is -8.07. The van der Waals surface area contributed by atoms with Crippen molar-refractivity contribution in [2.45, 2.75) is 12.8 Å². The van der Waals surface area contributed by atoms with Gasteiger partial charge in [0.1, 0.15) is 0 Å². The van der Waals surface area contributed by atoms with Gasteiger partial charge in [0.25, 0.3) is 0 Å². The Morgan fingerprint density at radius 2 is 1.36 bits per heavy atom. The second kappa shape index (κ2) is 13.8. The van der Waals surface area contributed by atoms with Gasteiger partial charge >= 0.3 is 59.1 Å². The fraction of sp³-hybridized carbons (Fsp3) is 0.800. The van der Waals surface area contributed by atoms with Crippen LogP contribution in [0.4, 0.5) is 4.79 Å². The van der Waals surface area contributed by atoms with E-state index in [1.807, 2.05) is 0 Å². The smallest absolute Gasteiger partial charge is 0.652 e. The number of rotatable bonds is 0. The van der Waals surface area contributed by atoms with Gasteiger partial charge in [0.15, 0.2) is 0 Å². The molecule has 1 fully saturated rings. The molecule has 0 radical (unpaired) electrons. The zero-order valence-electron chi connectivity index (χ0n) is 7.05. The zero-order chi connectivity index (χ0) is 7.11. The maximum absolute atomic E-state index is 8.33. The second-order valence-electron chi connectivity index (χ2n) is 1.71. The summed E-state index contributed by atoms with van der Waals surface area (Å²) in [6.07, 6.45) is 0.444. The van der Waals surface area contributed by atoms with Crippen LogP contribution in [0.1, 0.15) is 12.8 Å². The van der Waals surface area contributed by atoms with E-state index < -0.39 is 6.16 Å². The maximum atomic E-state index is 8.33. The van der Waals surface area contributed by atoms with Gasteiger partial charge in [-0.2, -0.15) is 0 Å². The third-order valence-electron chi connectivity index (χ3n) is 0.957. The minimum Gasteiger partial charge on any atom is -0.652 e. The normalized spacial score (nSPS) is 13.1. The molecule has 1 aliphatic heterocycles. The van der Waals surface area contributed by atoms with Gasteiger partial charge in [0.2, 0.25) is 0 Å². The van der Waals surface area contributed by atoms with Crippen LogP contribution in [0.3, 0.4) is 0 Å². The number of hydrogen-bond acceptors (Lipinski definition) is 4. The van der Waals surface area contributed by atoms with E-state index in [0.29, 0.717) is 0 Å². The Morgan fingerprint density at radius 1 is 1.09 bits per heavy atom. The molecular formula is C5H9NNa2O3. The molecule has 0 spiro atoms. The molecule has 4 nitrogen and oxygen atoms in total. The largest absolute Gasteiger partial charge is 1.00 e. The zero-order valence-corrected chi connectivity index (χ0v) is 11.1. The van der Waals surface area contributed by atoms with E-state index in [-0.39, 0.29) is 59.1 Å². The Labute approximate surface area is 110 Å². The average Bonchev–Trinajstić information content (AvgIpc) is 2.11. The average molecular weight is 177 g/mol. The van der Waals surface area contributed by atoms with Gasteiger partial charge in [0, 0.05) is 0 Å². The van der Waals surface area contributed by atoms with Crippen molar-refractivity contribution < 1.29 is 74.1 Å². The van der Waals surface area contributed by atoms with Crippen LogP contribution >= 0.6 is 0 Å². The van der Waals surface area contributed by atoms with Crippen LogP contribution in [-0.4, -0.2) is 19.2 Å². The molecule has 0 unspecified atom stereocenters. The number of carboxylic acid groups (broad SMARTS) is 2. The van der Waals surface area contributed by atoms with Crippen molar-refractivity contribution in [2.24, 2.45) is 0 Å². The molecule has 6 heteroatoms. The first kappa shape index (κ1) is 18.1. The van der Waals surface area contributed by atoms with E-state index >= 15 is 0 Å². The summed E-state index contributed by atoms with van der Waals surface area (Å²) in [4.78, 5) is 8.33. The van der Waals surface area contributed by atoms with Crippen LogP contribution in [0, 0.1) is 0 Å². The van der Waals surface area contributed by atoms with Crippen LogP contribution in [0.5, 0.6) is 0 Å². The first-order valence-corrected chi connectivity index (χ1v) is 2.82. The van der Waals surface area contributed by atoms with E-state index in [1.165, 1.54) is 25.9 Å². The molecule has 1 heterocycles. The van der Waals surface area contributed by atoms with Crippen molar-refractivity contribution in [3.05, 3.63) is 0 Å². The van der Waals surface area contributed by atoms with Gasteiger partial charge < -0.3 is 20.3 Å². The summed E-state index contributed by atoms with van der Waals surface area (Å²) in [5.41, 5.74) is 0. The Kier molecular flexibility index (Phi) is 22.7. The Morgan fingerprint density at radius 3 is 1.45 bits per heavy atom. The van der Waals surface area contributed by atoms with Gasteiger partial charge in [-0.05, 0) is 32.1 Å². The first-order valence-electron chi connectivity index (χ1n) is 2.82. The van der Waals surface area contributed by atoms with Crippen molar-refractivity contribution in [3.8, 4) is 0 Å². The van der Waals surface area contributed by atoms with E-state index in [9.17, 15) is 0 Å². The number of carbonyl (C=O) groups excluding carboxylic acids is 1. The second-order valence-corrected chi connectivity index (χ2v) is 1.71. The molecule has 1 N–H and O–H groups in total. The summed E-state index contributed by atoms with van der Waals surface area (Å²) in [7, 11) is 0. The summed E-state index contributed by atoms with van der Waals surface area (Å²) in [5, 5.41) is 19.9. The molecule has 0 atom stereocenters.